The summed E-state index contributed by atoms with van der Waals surface area (Å²) in [6.45, 7) is 1.54. The molecular formula is C13H13BrClNO3. The number of ether oxygens (including phenoxy) is 1. The minimum Gasteiger partial charge on any atom is -0.449 e. The van der Waals surface area contributed by atoms with Gasteiger partial charge in [-0.15, -0.1) is 0 Å². The first-order valence-electron chi connectivity index (χ1n) is 5.94. The highest BCUT2D eigenvalue weighted by Crippen LogP contribution is 2.22. The van der Waals surface area contributed by atoms with Crippen molar-refractivity contribution in [1.29, 1.82) is 0 Å². The first-order chi connectivity index (χ1) is 8.97. The summed E-state index contributed by atoms with van der Waals surface area (Å²) < 4.78 is 5.83. The maximum absolute atomic E-state index is 11.9. The second kappa shape index (κ2) is 5.92. The van der Waals surface area contributed by atoms with Crippen molar-refractivity contribution in [3.05, 3.63) is 33.3 Å². The predicted octanol–water partition coefficient (Wildman–Crippen LogP) is 2.93. The van der Waals surface area contributed by atoms with E-state index in [0.717, 1.165) is 17.3 Å². The van der Waals surface area contributed by atoms with Gasteiger partial charge in [0.05, 0.1) is 10.6 Å². The van der Waals surface area contributed by atoms with Crippen molar-refractivity contribution in [3.8, 4) is 0 Å². The lowest BCUT2D eigenvalue weighted by atomic mass is 10.2. The normalized spacial score (nSPS) is 15.7. The average Bonchev–Trinajstić information content (AvgIpc) is 3.15. The molecule has 1 aromatic rings. The lowest BCUT2D eigenvalue weighted by Crippen LogP contribution is -2.37. The number of rotatable bonds is 4. The molecule has 4 nitrogen and oxygen atoms in total. The van der Waals surface area contributed by atoms with Gasteiger partial charge in [0.2, 0.25) is 0 Å². The maximum atomic E-state index is 11.9. The number of esters is 1. The van der Waals surface area contributed by atoms with Gasteiger partial charge < -0.3 is 10.1 Å². The molecule has 1 atom stereocenters. The van der Waals surface area contributed by atoms with E-state index in [9.17, 15) is 9.59 Å². The molecule has 0 radical (unpaired) electrons. The van der Waals surface area contributed by atoms with Gasteiger partial charge in [-0.2, -0.15) is 0 Å². The molecule has 1 fully saturated rings. The number of carbonyl (C=O) groups excluding carboxylic acids is 2. The first-order valence-corrected chi connectivity index (χ1v) is 7.11. The lowest BCUT2D eigenvalue weighted by molar-refractivity contribution is -0.129. The van der Waals surface area contributed by atoms with Gasteiger partial charge >= 0.3 is 5.97 Å². The van der Waals surface area contributed by atoms with Crippen LogP contribution in [0.1, 0.15) is 30.1 Å². The van der Waals surface area contributed by atoms with Crippen molar-refractivity contribution >= 4 is 39.4 Å². The third-order valence-electron chi connectivity index (χ3n) is 2.73. The van der Waals surface area contributed by atoms with Crippen molar-refractivity contribution in [2.24, 2.45) is 0 Å². The summed E-state index contributed by atoms with van der Waals surface area (Å²) >= 11 is 9.18. The quantitative estimate of drug-likeness (QED) is 0.853. The molecule has 102 valence electrons. The van der Waals surface area contributed by atoms with Crippen LogP contribution in [0.2, 0.25) is 5.02 Å². The minimum atomic E-state index is -0.830. The number of halogens is 2. The van der Waals surface area contributed by atoms with E-state index in [1.165, 1.54) is 0 Å². The molecule has 0 aromatic heterocycles. The molecule has 1 N–H and O–H groups in total. The Morgan fingerprint density at radius 2 is 2.16 bits per heavy atom. The van der Waals surface area contributed by atoms with Crippen LogP contribution in [0.4, 0.5) is 0 Å². The van der Waals surface area contributed by atoms with Gasteiger partial charge in [0.15, 0.2) is 6.10 Å². The molecule has 2 rings (SSSR count). The first kappa shape index (κ1) is 14.3. The van der Waals surface area contributed by atoms with Gasteiger partial charge in [-0.25, -0.2) is 4.79 Å². The molecule has 0 saturated heterocycles. The fourth-order valence-electron chi connectivity index (χ4n) is 1.48. The molecule has 19 heavy (non-hydrogen) atoms. The molecule has 1 aliphatic rings. The Morgan fingerprint density at radius 3 is 2.79 bits per heavy atom. The zero-order valence-electron chi connectivity index (χ0n) is 10.3. The van der Waals surface area contributed by atoms with Gasteiger partial charge in [0.1, 0.15) is 0 Å². The molecular weight excluding hydrogens is 334 g/mol. The number of amides is 1. The molecule has 0 aliphatic heterocycles. The Kier molecular flexibility index (Phi) is 4.47. The fourth-order valence-corrected chi connectivity index (χ4v) is 2.03. The molecule has 1 unspecified atom stereocenters. The molecule has 0 heterocycles. The van der Waals surface area contributed by atoms with E-state index in [0.29, 0.717) is 5.02 Å². The van der Waals surface area contributed by atoms with E-state index in [4.69, 9.17) is 16.3 Å². The molecule has 1 saturated carbocycles. The highest BCUT2D eigenvalue weighted by Gasteiger charge is 2.27. The number of nitrogens with one attached hydrogen (secondary N) is 1. The maximum Gasteiger partial charge on any atom is 0.340 e. The minimum absolute atomic E-state index is 0.238. The number of benzene rings is 1. The highest BCUT2D eigenvalue weighted by molar-refractivity contribution is 9.10. The second-order valence-corrected chi connectivity index (χ2v) is 5.78. The third kappa shape index (κ3) is 3.94. The molecule has 0 spiro atoms. The van der Waals surface area contributed by atoms with Crippen LogP contribution in [-0.2, 0) is 9.53 Å². The molecule has 0 bridgehead atoms. The van der Waals surface area contributed by atoms with Crippen LogP contribution in [0.25, 0.3) is 0 Å². The topological polar surface area (TPSA) is 55.4 Å². The van der Waals surface area contributed by atoms with E-state index >= 15 is 0 Å². The fraction of sp³-hybridized carbons (Fsp3) is 0.385. The Bertz CT molecular complexity index is 517. The molecule has 1 aliphatic carbocycles. The van der Waals surface area contributed by atoms with Gasteiger partial charge in [-0.05, 0) is 38.0 Å². The summed E-state index contributed by atoms with van der Waals surface area (Å²) in [5.41, 5.74) is 0.238. The smallest absolute Gasteiger partial charge is 0.340 e. The van der Waals surface area contributed by atoms with Crippen molar-refractivity contribution in [2.75, 3.05) is 0 Å². The van der Waals surface area contributed by atoms with E-state index in [2.05, 4.69) is 21.2 Å². The van der Waals surface area contributed by atoms with Gasteiger partial charge in [-0.3, -0.25) is 4.79 Å². The van der Waals surface area contributed by atoms with Crippen molar-refractivity contribution in [1.82, 2.24) is 5.32 Å². The van der Waals surface area contributed by atoms with E-state index < -0.39 is 12.1 Å². The Labute approximate surface area is 124 Å². The number of hydrogen-bond donors (Lipinski definition) is 1. The summed E-state index contributed by atoms with van der Waals surface area (Å²) in [4.78, 5) is 23.6. The van der Waals surface area contributed by atoms with Crippen LogP contribution in [0, 0.1) is 0 Å². The van der Waals surface area contributed by atoms with Crippen molar-refractivity contribution in [3.63, 3.8) is 0 Å². The lowest BCUT2D eigenvalue weighted by Gasteiger charge is -2.13. The van der Waals surface area contributed by atoms with Crippen molar-refractivity contribution < 1.29 is 14.3 Å². The average molecular weight is 347 g/mol. The molecule has 1 amide bonds. The van der Waals surface area contributed by atoms with Gasteiger partial charge in [0, 0.05) is 10.5 Å². The summed E-state index contributed by atoms with van der Waals surface area (Å²) in [5.74, 6) is -0.883. The van der Waals surface area contributed by atoms with E-state index in [1.54, 1.807) is 25.1 Å². The largest absolute Gasteiger partial charge is 0.449 e. The van der Waals surface area contributed by atoms with Crippen LogP contribution in [0.3, 0.4) is 0 Å². The monoisotopic (exact) mass is 345 g/mol. The second-order valence-electron chi connectivity index (χ2n) is 4.45. The number of hydrogen-bond acceptors (Lipinski definition) is 3. The third-order valence-corrected chi connectivity index (χ3v) is 3.55. The summed E-state index contributed by atoms with van der Waals surface area (Å²) in [7, 11) is 0. The summed E-state index contributed by atoms with van der Waals surface area (Å²) in [6.07, 6.45) is 1.15. The number of carbonyl (C=O) groups is 2. The Hall–Kier alpha value is -1.07. The molecule has 6 heteroatoms. The summed E-state index contributed by atoms with van der Waals surface area (Å²) in [5, 5.41) is 3.07. The van der Waals surface area contributed by atoms with Crippen LogP contribution in [0.15, 0.2) is 22.7 Å². The zero-order valence-corrected chi connectivity index (χ0v) is 12.6. The van der Waals surface area contributed by atoms with Crippen LogP contribution >= 0.6 is 27.5 Å². The standard InChI is InChI=1S/C13H13BrClNO3/c1-7(12(17)16-9-3-4-9)19-13(18)10-6-8(14)2-5-11(10)15/h2,5-7,9H,3-4H2,1H3,(H,16,17). The predicted molar refractivity (Wildman–Crippen MR) is 75.2 cm³/mol. The highest BCUT2D eigenvalue weighted by atomic mass is 79.9. The zero-order chi connectivity index (χ0) is 14.0. The van der Waals surface area contributed by atoms with Gasteiger partial charge in [-0.1, -0.05) is 27.5 Å². The van der Waals surface area contributed by atoms with Crippen molar-refractivity contribution in [2.45, 2.75) is 31.9 Å². The van der Waals surface area contributed by atoms with E-state index in [-0.39, 0.29) is 17.5 Å². The Balaban J connectivity index is 1.99. The van der Waals surface area contributed by atoms with Crippen LogP contribution in [-0.4, -0.2) is 24.0 Å². The van der Waals surface area contributed by atoms with Crippen LogP contribution < -0.4 is 5.32 Å². The van der Waals surface area contributed by atoms with Crippen LogP contribution in [0.5, 0.6) is 0 Å². The summed E-state index contributed by atoms with van der Waals surface area (Å²) in [6, 6.07) is 5.12. The SMILES string of the molecule is CC(OC(=O)c1cc(Br)ccc1Cl)C(=O)NC1CC1. The van der Waals surface area contributed by atoms with Gasteiger partial charge in [0.25, 0.3) is 5.91 Å². The Morgan fingerprint density at radius 1 is 1.47 bits per heavy atom. The molecule has 1 aromatic carbocycles. The van der Waals surface area contributed by atoms with E-state index in [1.807, 2.05) is 0 Å².